The van der Waals surface area contributed by atoms with E-state index < -0.39 is 15.7 Å². The second kappa shape index (κ2) is 9.19. The summed E-state index contributed by atoms with van der Waals surface area (Å²) in [6.45, 7) is 3.10. The number of sulfone groups is 1. The van der Waals surface area contributed by atoms with Crippen LogP contribution in [0.3, 0.4) is 0 Å². The summed E-state index contributed by atoms with van der Waals surface area (Å²) in [5.41, 5.74) is 4.83. The van der Waals surface area contributed by atoms with E-state index in [0.29, 0.717) is 48.6 Å². The van der Waals surface area contributed by atoms with Gasteiger partial charge in [0.05, 0.1) is 23.7 Å². The molecule has 3 aromatic carbocycles. The van der Waals surface area contributed by atoms with E-state index in [-0.39, 0.29) is 35.1 Å². The summed E-state index contributed by atoms with van der Waals surface area (Å²) in [7, 11) is -3.27. The Hall–Kier alpha value is -4.18. The first kappa shape index (κ1) is 24.8. The first-order valence-electron chi connectivity index (χ1n) is 13.4. The van der Waals surface area contributed by atoms with Crippen molar-refractivity contribution < 1.29 is 22.7 Å². The number of aromatic amines is 1. The van der Waals surface area contributed by atoms with Crippen LogP contribution in [0, 0.1) is 6.92 Å². The number of hydrogen-bond acceptors (Lipinski definition) is 6. The van der Waals surface area contributed by atoms with Crippen LogP contribution in [0.15, 0.2) is 54.6 Å². The number of aryl methyl sites for hydroxylation is 2. The Bertz CT molecular complexity index is 1810. The third-order valence-corrected chi connectivity index (χ3v) is 9.78. The molecule has 3 aliphatic heterocycles. The van der Waals surface area contributed by atoms with Gasteiger partial charge in [-0.15, -0.1) is 0 Å². The number of amides is 2. The molecule has 3 aliphatic rings. The predicted octanol–water partition coefficient (Wildman–Crippen LogP) is 3.87. The van der Waals surface area contributed by atoms with Gasteiger partial charge in [-0.2, -0.15) is 5.10 Å². The molecule has 2 N–H and O–H groups in total. The van der Waals surface area contributed by atoms with Crippen molar-refractivity contribution in [2.75, 3.05) is 18.4 Å². The second-order valence-corrected chi connectivity index (χ2v) is 12.9. The van der Waals surface area contributed by atoms with Crippen LogP contribution in [-0.4, -0.2) is 54.5 Å². The summed E-state index contributed by atoms with van der Waals surface area (Å²) in [6.07, 6.45) is 0.885. The summed E-state index contributed by atoms with van der Waals surface area (Å²) < 4.78 is 30.2. The minimum atomic E-state index is -3.27. The van der Waals surface area contributed by atoms with Crippen LogP contribution in [-0.2, 0) is 32.6 Å². The Kier molecular flexibility index (Phi) is 5.71. The normalized spacial score (nSPS) is 20.2. The van der Waals surface area contributed by atoms with Crippen molar-refractivity contribution in [3.63, 3.8) is 0 Å². The molecule has 1 aromatic heterocycles. The van der Waals surface area contributed by atoms with E-state index in [2.05, 4.69) is 46.7 Å². The number of likely N-dealkylation sites (tertiary alicyclic amines) is 1. The minimum absolute atomic E-state index is 0.0686. The molecule has 2 amide bonds. The fourth-order valence-corrected chi connectivity index (χ4v) is 7.87. The molecule has 4 aromatic rings. The van der Waals surface area contributed by atoms with Gasteiger partial charge in [-0.1, -0.05) is 42.5 Å². The zero-order chi connectivity index (χ0) is 27.6. The third-order valence-electron chi connectivity index (χ3n) is 8.32. The van der Waals surface area contributed by atoms with E-state index >= 15 is 0 Å². The molecule has 10 heteroatoms. The maximum atomic E-state index is 13.3. The second-order valence-electron chi connectivity index (χ2n) is 10.9. The number of benzene rings is 3. The van der Waals surface area contributed by atoms with Crippen LogP contribution >= 0.6 is 0 Å². The molecule has 0 radical (unpaired) electrons. The molecule has 0 saturated carbocycles. The number of carbonyl (C=O) groups excluding carboxylic acids is 2. The zero-order valence-electron chi connectivity index (χ0n) is 21.9. The van der Waals surface area contributed by atoms with Crippen LogP contribution in [0.2, 0.25) is 0 Å². The number of rotatable bonds is 5. The summed E-state index contributed by atoms with van der Waals surface area (Å²) in [4.78, 5) is 28.3. The van der Waals surface area contributed by atoms with E-state index in [9.17, 15) is 18.0 Å². The Morgan fingerprint density at radius 2 is 1.88 bits per heavy atom. The zero-order valence-corrected chi connectivity index (χ0v) is 22.8. The summed E-state index contributed by atoms with van der Waals surface area (Å²) in [5.74, 6) is -0.0913. The van der Waals surface area contributed by atoms with Crippen molar-refractivity contribution in [2.24, 2.45) is 0 Å². The Morgan fingerprint density at radius 1 is 1.05 bits per heavy atom. The van der Waals surface area contributed by atoms with E-state index in [0.717, 1.165) is 11.1 Å². The first-order valence-corrected chi connectivity index (χ1v) is 15.2. The standard InChI is InChI=1S/C30H28N4O5S/c1-17-9-10-18(20-6-3-2-5-19(17)20)11-12-27(35)34-13-21-26(14-34)39-25-8-4-7-23(28(21)25)31-30(36)29-22-15-40(37,38)16-24(22)32-33-29/h2-10,21,26H,11-16H2,1H3,(H,31,36)(H,32,33). The predicted molar refractivity (Wildman–Crippen MR) is 150 cm³/mol. The molecule has 4 heterocycles. The van der Waals surface area contributed by atoms with Gasteiger partial charge in [0, 0.05) is 35.7 Å². The molecule has 0 bridgehead atoms. The van der Waals surface area contributed by atoms with Gasteiger partial charge in [0.25, 0.3) is 5.91 Å². The smallest absolute Gasteiger partial charge is 0.276 e. The lowest BCUT2D eigenvalue weighted by molar-refractivity contribution is -0.130. The highest BCUT2D eigenvalue weighted by Gasteiger charge is 2.45. The van der Waals surface area contributed by atoms with Crippen molar-refractivity contribution >= 4 is 38.1 Å². The molecule has 204 valence electrons. The van der Waals surface area contributed by atoms with Crippen LogP contribution in [0.5, 0.6) is 5.75 Å². The maximum Gasteiger partial charge on any atom is 0.276 e. The van der Waals surface area contributed by atoms with Crippen LogP contribution in [0.1, 0.15) is 50.8 Å². The molecular formula is C30H28N4O5S. The first-order chi connectivity index (χ1) is 19.3. The quantitative estimate of drug-likeness (QED) is 0.385. The number of ether oxygens (including phenoxy) is 1. The van der Waals surface area contributed by atoms with Gasteiger partial charge in [0.15, 0.2) is 15.5 Å². The van der Waals surface area contributed by atoms with Crippen molar-refractivity contribution in [2.45, 2.75) is 43.3 Å². The fraction of sp³-hybridized carbons (Fsp3) is 0.300. The molecule has 1 fully saturated rings. The van der Waals surface area contributed by atoms with Gasteiger partial charge in [0.1, 0.15) is 11.9 Å². The van der Waals surface area contributed by atoms with Crippen LogP contribution in [0.25, 0.3) is 10.8 Å². The molecule has 0 spiro atoms. The molecule has 1 saturated heterocycles. The van der Waals surface area contributed by atoms with Crippen molar-refractivity contribution in [3.8, 4) is 5.75 Å². The fourth-order valence-electron chi connectivity index (χ4n) is 6.34. The molecule has 0 aliphatic carbocycles. The molecule has 2 atom stereocenters. The molecule has 9 nitrogen and oxygen atoms in total. The van der Waals surface area contributed by atoms with Gasteiger partial charge in [-0.3, -0.25) is 14.7 Å². The third kappa shape index (κ3) is 4.14. The molecule has 7 rings (SSSR count). The Labute approximate surface area is 231 Å². The van der Waals surface area contributed by atoms with Crippen molar-refractivity contribution in [1.29, 1.82) is 0 Å². The number of carbonyl (C=O) groups is 2. The molecule has 2 unspecified atom stereocenters. The highest BCUT2D eigenvalue weighted by molar-refractivity contribution is 7.90. The minimum Gasteiger partial charge on any atom is -0.487 e. The van der Waals surface area contributed by atoms with Gasteiger partial charge < -0.3 is 15.0 Å². The van der Waals surface area contributed by atoms with Crippen molar-refractivity contribution in [3.05, 3.63) is 88.2 Å². The summed E-state index contributed by atoms with van der Waals surface area (Å²) >= 11 is 0. The molecule has 40 heavy (non-hydrogen) atoms. The Morgan fingerprint density at radius 3 is 2.73 bits per heavy atom. The number of anilines is 1. The average molecular weight is 557 g/mol. The highest BCUT2D eigenvalue weighted by Crippen LogP contribution is 2.46. The van der Waals surface area contributed by atoms with E-state index in [1.807, 2.05) is 29.2 Å². The lowest BCUT2D eigenvalue weighted by atomic mass is 9.96. The Balaban J connectivity index is 1.06. The van der Waals surface area contributed by atoms with Gasteiger partial charge >= 0.3 is 0 Å². The summed E-state index contributed by atoms with van der Waals surface area (Å²) in [5, 5.41) is 12.1. The monoisotopic (exact) mass is 556 g/mol. The number of nitrogens with one attached hydrogen (secondary N) is 2. The number of aromatic nitrogens is 2. The maximum absolute atomic E-state index is 13.3. The summed E-state index contributed by atoms with van der Waals surface area (Å²) in [6, 6.07) is 18.0. The van der Waals surface area contributed by atoms with Crippen molar-refractivity contribution in [1.82, 2.24) is 15.1 Å². The highest BCUT2D eigenvalue weighted by atomic mass is 32.2. The van der Waals surface area contributed by atoms with Gasteiger partial charge in [-0.05, 0) is 47.4 Å². The van der Waals surface area contributed by atoms with Crippen LogP contribution in [0.4, 0.5) is 5.69 Å². The van der Waals surface area contributed by atoms with Crippen LogP contribution < -0.4 is 10.1 Å². The number of hydrogen-bond donors (Lipinski definition) is 2. The van der Waals surface area contributed by atoms with E-state index in [4.69, 9.17) is 4.74 Å². The lowest BCUT2D eigenvalue weighted by Crippen LogP contribution is -2.31. The molecular weight excluding hydrogens is 528 g/mol. The van der Waals surface area contributed by atoms with Gasteiger partial charge in [-0.25, -0.2) is 8.42 Å². The largest absolute Gasteiger partial charge is 0.487 e. The van der Waals surface area contributed by atoms with E-state index in [1.165, 1.54) is 16.3 Å². The SMILES string of the molecule is Cc1ccc(CCC(=O)N2CC3Oc4cccc(NC(=O)c5n[nH]c6c5CS(=O)(=O)C6)c4C3C2)c2ccccc12. The number of fused-ring (bicyclic) bond motifs is 5. The average Bonchev–Trinajstić information content (AvgIpc) is 3.67. The number of nitrogens with zero attached hydrogens (tertiary/aromatic N) is 2. The lowest BCUT2D eigenvalue weighted by Gasteiger charge is -2.19. The topological polar surface area (TPSA) is 121 Å². The van der Waals surface area contributed by atoms with Gasteiger partial charge in [0.2, 0.25) is 5.91 Å². The number of H-pyrrole nitrogens is 1. The van der Waals surface area contributed by atoms with E-state index in [1.54, 1.807) is 6.07 Å².